The first-order valence-electron chi connectivity index (χ1n) is 7.57. The van der Waals surface area contributed by atoms with Gasteiger partial charge in [-0.15, -0.1) is 0 Å². The van der Waals surface area contributed by atoms with Gasteiger partial charge in [-0.2, -0.15) is 13.2 Å². The predicted octanol–water partition coefficient (Wildman–Crippen LogP) is 5.05. The van der Waals surface area contributed by atoms with E-state index in [9.17, 15) is 18.0 Å². The lowest BCUT2D eigenvalue weighted by molar-refractivity contribution is -0.137. The molecule has 2 aromatic heterocycles. The number of amides is 1. The molecule has 2 heterocycles. The number of aryl methyl sites for hydroxylation is 1. The van der Waals surface area contributed by atoms with Crippen molar-refractivity contribution in [2.45, 2.75) is 13.1 Å². The molecule has 0 atom stereocenters. The van der Waals surface area contributed by atoms with E-state index in [2.05, 4.69) is 20.8 Å². The number of pyridine rings is 1. The van der Waals surface area contributed by atoms with Crippen LogP contribution in [0.25, 0.3) is 0 Å². The lowest BCUT2D eigenvalue weighted by atomic mass is 10.2. The van der Waals surface area contributed by atoms with Crippen LogP contribution in [0, 0.1) is 6.92 Å². The van der Waals surface area contributed by atoms with Crippen LogP contribution in [0.5, 0.6) is 0 Å². The molecule has 0 aliphatic heterocycles. The molecule has 0 unspecified atom stereocenters. The van der Waals surface area contributed by atoms with Gasteiger partial charge in [0.2, 0.25) is 0 Å². The van der Waals surface area contributed by atoms with Gasteiger partial charge in [0.25, 0.3) is 5.91 Å². The smallest absolute Gasteiger partial charge is 0.360 e. The highest BCUT2D eigenvalue weighted by Crippen LogP contribution is 2.36. The Balaban J connectivity index is 1.71. The van der Waals surface area contributed by atoms with E-state index < -0.39 is 22.7 Å². The van der Waals surface area contributed by atoms with Gasteiger partial charge >= 0.3 is 6.18 Å². The van der Waals surface area contributed by atoms with Crippen molar-refractivity contribution in [3.63, 3.8) is 0 Å². The van der Waals surface area contributed by atoms with Gasteiger partial charge in [-0.25, -0.2) is 4.98 Å². The Morgan fingerprint density at radius 2 is 1.93 bits per heavy atom. The first-order chi connectivity index (χ1) is 12.7. The third-order valence-corrected chi connectivity index (χ3v) is 3.77. The summed E-state index contributed by atoms with van der Waals surface area (Å²) in [5, 5.41) is 8.58. The van der Waals surface area contributed by atoms with Crippen LogP contribution in [0.1, 0.15) is 21.7 Å². The molecule has 0 radical (unpaired) electrons. The molecular formula is C17H12ClF3N4O2. The Morgan fingerprint density at radius 1 is 1.15 bits per heavy atom. The van der Waals surface area contributed by atoms with E-state index in [-0.39, 0.29) is 11.3 Å². The largest absolute Gasteiger partial charge is 0.417 e. The van der Waals surface area contributed by atoms with E-state index in [1.54, 1.807) is 13.0 Å². The topological polar surface area (TPSA) is 80.0 Å². The minimum Gasteiger partial charge on any atom is -0.360 e. The number of benzene rings is 1. The fourth-order valence-corrected chi connectivity index (χ4v) is 2.41. The second-order valence-corrected chi connectivity index (χ2v) is 5.93. The molecule has 27 heavy (non-hydrogen) atoms. The number of rotatable bonds is 4. The van der Waals surface area contributed by atoms with Gasteiger partial charge in [0.05, 0.1) is 16.1 Å². The molecule has 0 aliphatic rings. The third kappa shape index (κ3) is 4.56. The quantitative estimate of drug-likeness (QED) is 0.645. The molecular weight excluding hydrogens is 385 g/mol. The maximum Gasteiger partial charge on any atom is 0.417 e. The van der Waals surface area contributed by atoms with E-state index in [4.69, 9.17) is 16.1 Å². The first kappa shape index (κ1) is 18.7. The van der Waals surface area contributed by atoms with E-state index in [1.165, 1.54) is 24.4 Å². The molecule has 140 valence electrons. The molecule has 1 amide bonds. The molecule has 0 fully saturated rings. The third-order valence-electron chi connectivity index (χ3n) is 3.44. The van der Waals surface area contributed by atoms with E-state index in [0.29, 0.717) is 17.4 Å². The summed E-state index contributed by atoms with van der Waals surface area (Å²) in [6.45, 7) is 1.74. The van der Waals surface area contributed by atoms with E-state index in [1.807, 2.05) is 0 Å². The van der Waals surface area contributed by atoms with Crippen LogP contribution in [-0.2, 0) is 6.18 Å². The summed E-state index contributed by atoms with van der Waals surface area (Å²) < 4.78 is 43.6. The molecule has 1 aromatic carbocycles. The zero-order valence-corrected chi connectivity index (χ0v) is 14.5. The minimum absolute atomic E-state index is 0.0306. The number of carbonyl (C=O) groups excluding carboxylic acids is 1. The Kier molecular flexibility index (Phi) is 5.04. The number of hydrogen-bond acceptors (Lipinski definition) is 5. The Bertz CT molecular complexity index is 971. The fourth-order valence-electron chi connectivity index (χ4n) is 2.18. The average Bonchev–Trinajstić information content (AvgIpc) is 3.01. The lowest BCUT2D eigenvalue weighted by Crippen LogP contribution is -2.14. The van der Waals surface area contributed by atoms with Gasteiger partial charge in [0.1, 0.15) is 11.6 Å². The maximum absolute atomic E-state index is 12.9. The van der Waals surface area contributed by atoms with Crippen molar-refractivity contribution >= 4 is 34.8 Å². The van der Waals surface area contributed by atoms with Crippen LogP contribution in [0.3, 0.4) is 0 Å². The summed E-state index contributed by atoms with van der Waals surface area (Å²) in [4.78, 5) is 16.3. The normalized spacial score (nSPS) is 11.3. The molecule has 0 bridgehead atoms. The molecule has 10 heteroatoms. The summed E-state index contributed by atoms with van der Waals surface area (Å²) in [7, 11) is 0. The van der Waals surface area contributed by atoms with Gasteiger partial charge in [-0.3, -0.25) is 4.79 Å². The lowest BCUT2D eigenvalue weighted by Gasteiger charge is -2.12. The van der Waals surface area contributed by atoms with Crippen LogP contribution in [0.15, 0.2) is 47.1 Å². The molecule has 0 saturated heterocycles. The van der Waals surface area contributed by atoms with Crippen molar-refractivity contribution in [2.75, 3.05) is 10.6 Å². The molecule has 3 aromatic rings. The highest BCUT2D eigenvalue weighted by molar-refractivity contribution is 6.31. The summed E-state index contributed by atoms with van der Waals surface area (Å²) in [5.41, 5.74) is -0.889. The Morgan fingerprint density at radius 3 is 2.52 bits per heavy atom. The second kappa shape index (κ2) is 7.28. The standard InChI is InChI=1S/C17H12ClF3N4O2/c1-9-6-15(25-27-9)24-14-5-2-10(8-22-14)16(26)23-11-3-4-13(18)12(7-11)17(19,20)21/h2-8H,1H3,(H,23,26)(H,22,24,25). The van der Waals surface area contributed by atoms with Gasteiger partial charge in [-0.1, -0.05) is 16.8 Å². The van der Waals surface area contributed by atoms with Gasteiger partial charge in [-0.05, 0) is 37.3 Å². The monoisotopic (exact) mass is 396 g/mol. The second-order valence-electron chi connectivity index (χ2n) is 5.53. The number of aromatic nitrogens is 2. The zero-order chi connectivity index (χ0) is 19.6. The molecule has 0 saturated carbocycles. The number of carbonyl (C=O) groups is 1. The molecule has 2 N–H and O–H groups in total. The van der Waals surface area contributed by atoms with E-state index in [0.717, 1.165) is 12.1 Å². The minimum atomic E-state index is -4.62. The Hall–Kier alpha value is -3.07. The van der Waals surface area contributed by atoms with Crippen LogP contribution in [-0.4, -0.2) is 16.0 Å². The molecule has 0 spiro atoms. The number of hydrogen-bond donors (Lipinski definition) is 2. The van der Waals surface area contributed by atoms with Gasteiger partial charge in [0.15, 0.2) is 5.82 Å². The van der Waals surface area contributed by atoms with Crippen molar-refractivity contribution in [3.05, 3.63) is 64.5 Å². The maximum atomic E-state index is 12.9. The number of nitrogens with zero attached hydrogens (tertiary/aromatic N) is 2. The first-order valence-corrected chi connectivity index (χ1v) is 7.94. The average molecular weight is 397 g/mol. The highest BCUT2D eigenvalue weighted by Gasteiger charge is 2.33. The van der Waals surface area contributed by atoms with Crippen molar-refractivity contribution in [1.82, 2.24) is 10.1 Å². The molecule has 3 rings (SSSR count). The van der Waals surface area contributed by atoms with Crippen molar-refractivity contribution in [1.29, 1.82) is 0 Å². The Labute approximate surface area is 156 Å². The number of alkyl halides is 3. The molecule has 0 aliphatic carbocycles. The number of nitrogens with one attached hydrogen (secondary N) is 2. The highest BCUT2D eigenvalue weighted by atomic mass is 35.5. The van der Waals surface area contributed by atoms with Gasteiger partial charge in [0, 0.05) is 18.0 Å². The van der Waals surface area contributed by atoms with Crippen LogP contribution in [0.2, 0.25) is 5.02 Å². The fraction of sp³-hybridized carbons (Fsp3) is 0.118. The van der Waals surface area contributed by atoms with Gasteiger partial charge < -0.3 is 15.2 Å². The number of halogens is 4. The van der Waals surface area contributed by atoms with Crippen LogP contribution >= 0.6 is 11.6 Å². The summed E-state index contributed by atoms with van der Waals surface area (Å²) in [6, 6.07) is 7.80. The summed E-state index contributed by atoms with van der Waals surface area (Å²) >= 11 is 5.56. The predicted molar refractivity (Wildman–Crippen MR) is 93.2 cm³/mol. The summed E-state index contributed by atoms with van der Waals surface area (Å²) in [6.07, 6.45) is -3.34. The SMILES string of the molecule is Cc1cc(Nc2ccc(C(=O)Nc3ccc(Cl)c(C(F)(F)F)c3)cn2)no1. The van der Waals surface area contributed by atoms with Crippen molar-refractivity contribution in [3.8, 4) is 0 Å². The van der Waals surface area contributed by atoms with Crippen molar-refractivity contribution in [2.24, 2.45) is 0 Å². The molecule has 6 nitrogen and oxygen atoms in total. The summed E-state index contributed by atoms with van der Waals surface area (Å²) in [5.74, 6) is 0.889. The zero-order valence-electron chi connectivity index (χ0n) is 13.8. The number of anilines is 3. The van der Waals surface area contributed by atoms with Crippen molar-refractivity contribution < 1.29 is 22.5 Å². The van der Waals surface area contributed by atoms with Crippen LogP contribution < -0.4 is 10.6 Å². The van der Waals surface area contributed by atoms with Crippen LogP contribution in [0.4, 0.5) is 30.5 Å². The van der Waals surface area contributed by atoms with E-state index >= 15 is 0 Å².